The second-order valence-electron chi connectivity index (χ2n) is 13.7. The summed E-state index contributed by atoms with van der Waals surface area (Å²) in [5, 5.41) is 18.0. The van der Waals surface area contributed by atoms with Crippen LogP contribution in [0.25, 0.3) is 16.6 Å². The van der Waals surface area contributed by atoms with Gasteiger partial charge in [-0.15, -0.1) is 0 Å². The normalized spacial score (nSPS) is 12.9. The van der Waals surface area contributed by atoms with Gasteiger partial charge in [-0.25, -0.2) is 4.52 Å². The smallest absolute Gasteiger partial charge is 0.142 e. The number of ether oxygens (including phenoxy) is 3. The molecule has 1 aliphatic rings. The van der Waals surface area contributed by atoms with Gasteiger partial charge in [0.1, 0.15) is 36.5 Å². The van der Waals surface area contributed by atoms with E-state index in [4.69, 9.17) is 25.8 Å². The summed E-state index contributed by atoms with van der Waals surface area (Å²) in [5.41, 5.74) is 9.71. The first-order valence-electron chi connectivity index (χ1n) is 18.5. The van der Waals surface area contributed by atoms with Crippen LogP contribution in [0.2, 0.25) is 5.02 Å². The fourth-order valence-corrected chi connectivity index (χ4v) is 7.22. The number of nitriles is 1. The van der Waals surface area contributed by atoms with Crippen molar-refractivity contribution in [1.29, 1.82) is 5.26 Å². The van der Waals surface area contributed by atoms with E-state index in [-0.39, 0.29) is 6.61 Å². The Morgan fingerprint density at radius 3 is 2.44 bits per heavy atom. The molecular weight excluding hydrogens is 696 g/mol. The van der Waals surface area contributed by atoms with Crippen LogP contribution >= 0.6 is 11.6 Å². The van der Waals surface area contributed by atoms with Crippen LogP contribution in [0, 0.1) is 25.2 Å². The van der Waals surface area contributed by atoms with Crippen molar-refractivity contribution in [3.63, 3.8) is 0 Å². The summed E-state index contributed by atoms with van der Waals surface area (Å²) in [6, 6.07) is 28.3. The molecule has 0 aliphatic carbocycles. The zero-order valence-corrected chi connectivity index (χ0v) is 31.6. The Labute approximate surface area is 322 Å². The van der Waals surface area contributed by atoms with Gasteiger partial charge in [0, 0.05) is 55.4 Å². The minimum absolute atomic E-state index is 0.227. The van der Waals surface area contributed by atoms with Gasteiger partial charge in [-0.3, -0.25) is 4.98 Å². The Hall–Kier alpha value is -5.40. The molecule has 1 fully saturated rings. The number of hydrogen-bond acceptors (Lipinski definition) is 8. The lowest BCUT2D eigenvalue weighted by Crippen LogP contribution is -2.22. The summed E-state index contributed by atoms with van der Waals surface area (Å²) >= 11 is 6.88. The minimum atomic E-state index is 0.227. The summed E-state index contributed by atoms with van der Waals surface area (Å²) in [5.74, 6) is 2.07. The molecule has 1 saturated heterocycles. The maximum Gasteiger partial charge on any atom is 0.142 e. The van der Waals surface area contributed by atoms with Gasteiger partial charge in [0.15, 0.2) is 0 Å². The molecule has 3 aromatic carbocycles. The Morgan fingerprint density at radius 2 is 1.61 bits per heavy atom. The number of halogens is 1. The first-order valence-corrected chi connectivity index (χ1v) is 18.9. The van der Waals surface area contributed by atoms with Crippen molar-refractivity contribution in [3.8, 4) is 34.4 Å². The fourth-order valence-electron chi connectivity index (χ4n) is 6.98. The Morgan fingerprint density at radius 1 is 0.796 bits per heavy atom. The largest absolute Gasteiger partial charge is 0.493 e. The Balaban J connectivity index is 1.05. The highest BCUT2D eigenvalue weighted by Crippen LogP contribution is 2.36. The van der Waals surface area contributed by atoms with E-state index in [9.17, 15) is 5.26 Å². The lowest BCUT2D eigenvalue weighted by atomic mass is 9.93. The van der Waals surface area contributed by atoms with E-state index < -0.39 is 0 Å². The van der Waals surface area contributed by atoms with Gasteiger partial charge in [-0.2, -0.15) is 10.4 Å². The van der Waals surface area contributed by atoms with Gasteiger partial charge >= 0.3 is 0 Å². The molecule has 0 atom stereocenters. The summed E-state index contributed by atoms with van der Waals surface area (Å²) in [6.07, 6.45) is 8.81. The molecule has 7 rings (SSSR count). The zero-order chi connectivity index (χ0) is 37.3. The maximum absolute atomic E-state index is 9.36. The average molecular weight is 741 g/mol. The highest BCUT2D eigenvalue weighted by atomic mass is 35.5. The number of nitrogens with zero attached hydrogens (tertiary/aromatic N) is 5. The van der Waals surface area contributed by atoms with Crippen molar-refractivity contribution < 1.29 is 14.2 Å². The van der Waals surface area contributed by atoms with Crippen LogP contribution in [0.4, 0.5) is 0 Å². The van der Waals surface area contributed by atoms with Gasteiger partial charge in [0.05, 0.1) is 28.4 Å². The van der Waals surface area contributed by atoms with Crippen LogP contribution in [-0.2, 0) is 26.3 Å². The van der Waals surface area contributed by atoms with Crippen molar-refractivity contribution >= 4 is 17.1 Å². The molecule has 1 N–H and O–H groups in total. The summed E-state index contributed by atoms with van der Waals surface area (Å²) in [4.78, 5) is 6.71. The third-order valence-corrected chi connectivity index (χ3v) is 10.2. The minimum Gasteiger partial charge on any atom is -0.493 e. The standard InChI is InChI=1S/C44H45ClN6O3/c1-31-35(10-7-12-39(31)40-13-8-14-42(32(40)2)52-19-9-17-50-15-5-6-16-50)30-54-44-23-43(53-29-34-20-33(24-46)25-47-26-34)36(21-41(44)45)27-48-28-37-22-38-11-3-4-18-51(38)49-37/h3-4,7-8,10-14,18,20-23,25-26,48H,5-6,9,15-17,19,27-30H2,1-2H3. The number of hydrogen-bond donors (Lipinski definition) is 1. The molecule has 54 heavy (non-hydrogen) atoms. The highest BCUT2D eigenvalue weighted by molar-refractivity contribution is 6.32. The third kappa shape index (κ3) is 9.03. The SMILES string of the molecule is Cc1c(COc2cc(OCc3cncc(C#N)c3)c(CNCc3cc4ccccn4n3)cc2Cl)cccc1-c1cccc(OCCCN2CCCC2)c1C. The maximum atomic E-state index is 9.36. The van der Waals surface area contributed by atoms with E-state index in [1.54, 1.807) is 12.3 Å². The van der Waals surface area contributed by atoms with Gasteiger partial charge in [0.25, 0.3) is 0 Å². The molecule has 0 amide bonds. The van der Waals surface area contributed by atoms with Crippen LogP contribution in [0.5, 0.6) is 17.2 Å². The summed E-state index contributed by atoms with van der Waals surface area (Å²) < 4.78 is 20.9. The van der Waals surface area contributed by atoms with Gasteiger partial charge < -0.3 is 24.4 Å². The molecule has 0 radical (unpaired) electrons. The van der Waals surface area contributed by atoms with Crippen LogP contribution in [0.3, 0.4) is 0 Å². The second kappa shape index (κ2) is 17.6. The number of fused-ring (bicyclic) bond motifs is 1. The van der Waals surface area contributed by atoms with E-state index in [1.807, 2.05) is 41.0 Å². The quantitative estimate of drug-likeness (QED) is 0.0984. The lowest BCUT2D eigenvalue weighted by Gasteiger charge is -2.18. The Bertz CT molecular complexity index is 2230. The Kier molecular flexibility index (Phi) is 12.1. The first kappa shape index (κ1) is 36.9. The van der Waals surface area contributed by atoms with Gasteiger partial charge in [0.2, 0.25) is 0 Å². The number of pyridine rings is 2. The molecule has 10 heteroatoms. The van der Waals surface area contributed by atoms with Crippen molar-refractivity contribution in [3.05, 3.63) is 142 Å². The van der Waals surface area contributed by atoms with E-state index in [0.29, 0.717) is 48.4 Å². The van der Waals surface area contributed by atoms with Crippen molar-refractivity contribution in [2.24, 2.45) is 0 Å². The fraction of sp³-hybridized carbons (Fsp3) is 0.295. The second-order valence-corrected chi connectivity index (χ2v) is 14.1. The van der Waals surface area contributed by atoms with E-state index in [0.717, 1.165) is 68.9 Å². The summed E-state index contributed by atoms with van der Waals surface area (Å²) in [7, 11) is 0. The van der Waals surface area contributed by atoms with E-state index in [1.165, 1.54) is 32.1 Å². The molecular formula is C44H45ClN6O3. The zero-order valence-electron chi connectivity index (χ0n) is 30.9. The van der Waals surface area contributed by atoms with Gasteiger partial charge in [-0.05, 0) is 110 Å². The van der Waals surface area contributed by atoms with Gasteiger partial charge in [-0.1, -0.05) is 48.0 Å². The highest BCUT2D eigenvalue weighted by Gasteiger charge is 2.16. The number of benzene rings is 3. The lowest BCUT2D eigenvalue weighted by molar-refractivity contribution is 0.262. The predicted octanol–water partition coefficient (Wildman–Crippen LogP) is 8.85. The third-order valence-electron chi connectivity index (χ3n) is 9.95. The molecule has 0 unspecified atom stereocenters. The molecule has 0 bridgehead atoms. The van der Waals surface area contributed by atoms with Crippen molar-refractivity contribution in [1.82, 2.24) is 24.8 Å². The molecule has 6 aromatic rings. The van der Waals surface area contributed by atoms with Crippen molar-refractivity contribution in [2.75, 3.05) is 26.2 Å². The van der Waals surface area contributed by atoms with Crippen LogP contribution in [-0.4, -0.2) is 45.7 Å². The summed E-state index contributed by atoms with van der Waals surface area (Å²) in [6.45, 7) is 10.1. The van der Waals surface area contributed by atoms with E-state index >= 15 is 0 Å². The van der Waals surface area contributed by atoms with Crippen LogP contribution in [0.1, 0.15) is 58.3 Å². The van der Waals surface area contributed by atoms with Crippen LogP contribution in [0.15, 0.2) is 97.5 Å². The molecule has 3 aromatic heterocycles. The predicted molar refractivity (Wildman–Crippen MR) is 212 cm³/mol. The molecule has 9 nitrogen and oxygen atoms in total. The van der Waals surface area contributed by atoms with Crippen molar-refractivity contribution in [2.45, 2.75) is 59.4 Å². The molecule has 1 aliphatic heterocycles. The van der Waals surface area contributed by atoms with E-state index in [2.05, 4.69) is 82.7 Å². The first-order chi connectivity index (χ1) is 26.4. The molecule has 4 heterocycles. The number of nitrogens with one attached hydrogen (secondary N) is 1. The number of likely N-dealkylation sites (tertiary alicyclic amines) is 1. The molecule has 0 spiro atoms. The van der Waals surface area contributed by atoms with Crippen LogP contribution < -0.4 is 19.5 Å². The molecule has 276 valence electrons. The average Bonchev–Trinajstić information content (AvgIpc) is 3.87. The number of rotatable bonds is 16. The topological polar surface area (TPSA) is 96.9 Å². The number of aromatic nitrogens is 3. The monoisotopic (exact) mass is 740 g/mol. The molecule has 0 saturated carbocycles.